The van der Waals surface area contributed by atoms with Crippen molar-refractivity contribution in [1.29, 1.82) is 0 Å². The third-order valence-electron chi connectivity index (χ3n) is 1.86. The monoisotopic (exact) mass is 279 g/mol. The molecule has 1 heterocycles. The van der Waals surface area contributed by atoms with E-state index in [2.05, 4.69) is 4.72 Å². The highest BCUT2D eigenvalue weighted by Gasteiger charge is 2.19. The molecule has 17 heavy (non-hydrogen) atoms. The molecule has 1 atom stereocenters. The third-order valence-corrected chi connectivity index (χ3v) is 5.02. The summed E-state index contributed by atoms with van der Waals surface area (Å²) in [6.07, 6.45) is -0.199. The van der Waals surface area contributed by atoms with E-state index in [1.54, 1.807) is 0 Å². The van der Waals surface area contributed by atoms with Crippen LogP contribution < -0.4 is 4.72 Å². The van der Waals surface area contributed by atoms with Crippen molar-refractivity contribution in [3.05, 3.63) is 17.0 Å². The second-order valence-electron chi connectivity index (χ2n) is 3.50. The summed E-state index contributed by atoms with van der Waals surface area (Å²) in [5.74, 6) is -1.01. The van der Waals surface area contributed by atoms with Gasteiger partial charge in [-0.1, -0.05) is 0 Å². The molecule has 1 rings (SSSR count). The van der Waals surface area contributed by atoms with Gasteiger partial charge >= 0.3 is 5.97 Å². The molecule has 1 unspecified atom stereocenters. The maximum absolute atomic E-state index is 11.7. The van der Waals surface area contributed by atoms with E-state index in [0.717, 1.165) is 11.3 Å². The highest BCUT2D eigenvalue weighted by atomic mass is 32.2. The van der Waals surface area contributed by atoms with Crippen molar-refractivity contribution in [2.75, 3.05) is 6.61 Å². The molecule has 0 aromatic carbocycles. The van der Waals surface area contributed by atoms with Gasteiger partial charge in [0.2, 0.25) is 10.0 Å². The highest BCUT2D eigenvalue weighted by molar-refractivity contribution is 7.91. The lowest BCUT2D eigenvalue weighted by Crippen LogP contribution is -2.34. The minimum Gasteiger partial charge on any atom is -0.481 e. The van der Waals surface area contributed by atoms with Crippen molar-refractivity contribution in [1.82, 2.24) is 4.72 Å². The van der Waals surface area contributed by atoms with Gasteiger partial charge in [-0.05, 0) is 19.1 Å². The van der Waals surface area contributed by atoms with E-state index >= 15 is 0 Å². The van der Waals surface area contributed by atoms with Crippen molar-refractivity contribution in [3.63, 3.8) is 0 Å². The molecule has 0 amide bonds. The van der Waals surface area contributed by atoms with Crippen LogP contribution >= 0.6 is 11.3 Å². The number of carbonyl (C=O) groups is 1. The molecule has 6 nitrogen and oxygen atoms in total. The summed E-state index contributed by atoms with van der Waals surface area (Å²) in [6.45, 7) is 1.23. The van der Waals surface area contributed by atoms with Crippen LogP contribution in [0.4, 0.5) is 0 Å². The average molecular weight is 279 g/mol. The number of sulfonamides is 1. The summed E-state index contributed by atoms with van der Waals surface area (Å²) in [5.41, 5.74) is 0. The molecular formula is C9H13NO5S2. The van der Waals surface area contributed by atoms with Gasteiger partial charge in [0.25, 0.3) is 0 Å². The number of thiophene rings is 1. The molecule has 0 aliphatic carbocycles. The molecule has 0 aliphatic heterocycles. The minimum atomic E-state index is -3.67. The average Bonchev–Trinajstić information content (AvgIpc) is 2.65. The first-order valence-electron chi connectivity index (χ1n) is 4.79. The quantitative estimate of drug-likeness (QED) is 0.682. The number of hydrogen-bond donors (Lipinski definition) is 3. The Hall–Kier alpha value is -0.960. The molecule has 1 aromatic heterocycles. The number of aliphatic hydroxyl groups excluding tert-OH is 1. The number of hydrogen-bond acceptors (Lipinski definition) is 5. The molecule has 0 saturated heterocycles. The van der Waals surface area contributed by atoms with Gasteiger partial charge in [-0.3, -0.25) is 4.79 Å². The number of carboxylic acid groups (broad SMARTS) is 1. The maximum Gasteiger partial charge on any atom is 0.308 e. The second-order valence-corrected chi connectivity index (χ2v) is 6.61. The third kappa shape index (κ3) is 4.08. The van der Waals surface area contributed by atoms with Gasteiger partial charge in [0.05, 0.1) is 13.0 Å². The Labute approximate surface area is 103 Å². The van der Waals surface area contributed by atoms with Crippen LogP contribution in [0.2, 0.25) is 0 Å². The first-order valence-corrected chi connectivity index (χ1v) is 7.09. The van der Waals surface area contributed by atoms with Gasteiger partial charge in [0.15, 0.2) is 0 Å². The zero-order valence-electron chi connectivity index (χ0n) is 9.08. The fourth-order valence-corrected chi connectivity index (χ4v) is 3.71. The van der Waals surface area contributed by atoms with Crippen LogP contribution in [0, 0.1) is 0 Å². The van der Waals surface area contributed by atoms with Crippen LogP contribution in [0.25, 0.3) is 0 Å². The van der Waals surface area contributed by atoms with Crippen molar-refractivity contribution in [3.8, 4) is 0 Å². The van der Waals surface area contributed by atoms with E-state index in [1.165, 1.54) is 19.1 Å². The van der Waals surface area contributed by atoms with Crippen molar-refractivity contribution in [2.24, 2.45) is 0 Å². The fraction of sp³-hybridized carbons (Fsp3) is 0.444. The largest absolute Gasteiger partial charge is 0.481 e. The smallest absolute Gasteiger partial charge is 0.308 e. The SMILES string of the molecule is CC(CO)NS(=O)(=O)c1ccc(CC(=O)O)s1. The number of aliphatic hydroxyl groups is 1. The molecule has 96 valence electrons. The normalized spacial score (nSPS) is 13.5. The number of aliphatic carboxylic acids is 1. The molecule has 0 fully saturated rings. The van der Waals surface area contributed by atoms with Crippen LogP contribution in [0.3, 0.4) is 0 Å². The zero-order valence-corrected chi connectivity index (χ0v) is 10.7. The summed E-state index contributed by atoms with van der Waals surface area (Å²) >= 11 is 0.908. The van der Waals surface area contributed by atoms with Crippen LogP contribution in [0.1, 0.15) is 11.8 Å². The molecule has 0 spiro atoms. The number of carboxylic acids is 1. The van der Waals surface area contributed by atoms with Gasteiger partial charge in [0.1, 0.15) is 4.21 Å². The standard InChI is InChI=1S/C9H13NO5S2/c1-6(5-11)10-17(14,15)9-3-2-7(16-9)4-8(12)13/h2-3,6,10-11H,4-5H2,1H3,(H,12,13). The molecule has 1 aromatic rings. The van der Waals surface area contributed by atoms with E-state index in [-0.39, 0.29) is 17.2 Å². The lowest BCUT2D eigenvalue weighted by atomic mass is 10.3. The minimum absolute atomic E-state index is 0.0500. The van der Waals surface area contributed by atoms with Gasteiger partial charge in [0, 0.05) is 10.9 Å². The number of rotatable bonds is 6. The zero-order chi connectivity index (χ0) is 13.1. The van der Waals surface area contributed by atoms with Crippen molar-refractivity contribution < 1.29 is 23.4 Å². The van der Waals surface area contributed by atoms with E-state index in [1.807, 2.05) is 0 Å². The van der Waals surface area contributed by atoms with Gasteiger partial charge in [-0.25, -0.2) is 13.1 Å². The topological polar surface area (TPSA) is 104 Å². The number of nitrogens with one attached hydrogen (secondary N) is 1. The van der Waals surface area contributed by atoms with Crippen molar-refractivity contribution >= 4 is 27.3 Å². The van der Waals surface area contributed by atoms with E-state index in [9.17, 15) is 13.2 Å². The Morgan fingerprint density at radius 2 is 2.18 bits per heavy atom. The maximum atomic E-state index is 11.7. The predicted molar refractivity (Wildman–Crippen MR) is 62.5 cm³/mol. The molecular weight excluding hydrogens is 266 g/mol. The summed E-state index contributed by atoms with van der Waals surface area (Å²) in [7, 11) is -3.67. The molecule has 0 saturated carbocycles. The predicted octanol–water partition coefficient (Wildman–Crippen LogP) is 0.0343. The lowest BCUT2D eigenvalue weighted by molar-refractivity contribution is -0.136. The molecule has 0 bridgehead atoms. The Bertz CT molecular complexity index is 493. The second kappa shape index (κ2) is 5.58. The Kier molecular flexibility index (Phi) is 4.63. The summed E-state index contributed by atoms with van der Waals surface area (Å²) in [5, 5.41) is 17.3. The van der Waals surface area contributed by atoms with Gasteiger partial charge < -0.3 is 10.2 Å². The van der Waals surface area contributed by atoms with Crippen molar-refractivity contribution in [2.45, 2.75) is 23.6 Å². The molecule has 3 N–H and O–H groups in total. The first kappa shape index (κ1) is 14.1. The van der Waals surface area contributed by atoms with E-state index in [0.29, 0.717) is 4.88 Å². The Morgan fingerprint density at radius 3 is 2.71 bits per heavy atom. The van der Waals surface area contributed by atoms with Crippen LogP contribution in [0.5, 0.6) is 0 Å². The Morgan fingerprint density at radius 1 is 1.53 bits per heavy atom. The summed E-state index contributed by atoms with van der Waals surface area (Å²) in [6, 6.07) is 2.25. The summed E-state index contributed by atoms with van der Waals surface area (Å²) < 4.78 is 25.8. The Balaban J connectivity index is 2.85. The lowest BCUT2D eigenvalue weighted by Gasteiger charge is -2.09. The van der Waals surface area contributed by atoms with Crippen LogP contribution in [-0.4, -0.2) is 37.2 Å². The summed E-state index contributed by atoms with van der Waals surface area (Å²) in [4.78, 5) is 10.9. The molecule has 8 heteroatoms. The van der Waals surface area contributed by atoms with Crippen LogP contribution in [0.15, 0.2) is 16.3 Å². The van der Waals surface area contributed by atoms with Gasteiger partial charge in [-0.2, -0.15) is 0 Å². The van der Waals surface area contributed by atoms with Crippen LogP contribution in [-0.2, 0) is 21.2 Å². The highest BCUT2D eigenvalue weighted by Crippen LogP contribution is 2.22. The first-order chi connectivity index (χ1) is 7.85. The van der Waals surface area contributed by atoms with E-state index in [4.69, 9.17) is 10.2 Å². The molecule has 0 aliphatic rings. The van der Waals surface area contributed by atoms with E-state index < -0.39 is 22.0 Å². The van der Waals surface area contributed by atoms with Gasteiger partial charge in [-0.15, -0.1) is 11.3 Å². The fourth-order valence-electron chi connectivity index (χ4n) is 1.11. The molecule has 0 radical (unpaired) electrons.